The lowest BCUT2D eigenvalue weighted by molar-refractivity contribution is 0.0512. The van der Waals surface area contributed by atoms with E-state index in [0.717, 1.165) is 75.4 Å². The van der Waals surface area contributed by atoms with Crippen molar-refractivity contribution in [3.8, 4) is 0 Å². The molecule has 3 amide bonds. The third-order valence-corrected chi connectivity index (χ3v) is 13.6. The van der Waals surface area contributed by atoms with Crippen LogP contribution in [0.1, 0.15) is 164 Å². The lowest BCUT2D eigenvalue weighted by Gasteiger charge is -2.39. The molecule has 0 bridgehead atoms. The molecule has 2 aliphatic heterocycles. The summed E-state index contributed by atoms with van der Waals surface area (Å²) >= 11 is 0. The summed E-state index contributed by atoms with van der Waals surface area (Å²) in [7, 11) is 0. The fraction of sp³-hybridized carbons (Fsp3) is 0.714. The minimum Gasteiger partial charge on any atom is -0.478 e. The molecule has 2 aliphatic carbocycles. The predicted molar refractivity (Wildman–Crippen MR) is 295 cm³/mol. The second kappa shape index (κ2) is 34.1. The molecule has 6 rings (SSSR count). The van der Waals surface area contributed by atoms with Gasteiger partial charge in [0.1, 0.15) is 11.2 Å². The number of amides is 3. The van der Waals surface area contributed by atoms with Gasteiger partial charge in [-0.15, -0.1) is 24.8 Å². The highest BCUT2D eigenvalue weighted by molar-refractivity contribution is 5.94. The molecule has 0 radical (unpaired) electrons. The Hall–Kier alpha value is -3.70. The lowest BCUT2D eigenvalue weighted by Crippen LogP contribution is -2.48. The number of ether oxygens (including phenoxy) is 4. The Morgan fingerprint density at radius 1 is 0.603 bits per heavy atom. The van der Waals surface area contributed by atoms with Crippen molar-refractivity contribution in [2.24, 2.45) is 29.4 Å². The molecule has 6 N–H and O–H groups in total. The van der Waals surface area contributed by atoms with Crippen LogP contribution < -0.4 is 21.7 Å². The number of rotatable bonds is 17. The van der Waals surface area contributed by atoms with E-state index in [1.54, 1.807) is 32.9 Å². The number of carbonyl (C=O) groups is 4. The van der Waals surface area contributed by atoms with Crippen molar-refractivity contribution in [2.75, 3.05) is 65.7 Å². The van der Waals surface area contributed by atoms with Crippen LogP contribution in [0.4, 0.5) is 9.59 Å². The van der Waals surface area contributed by atoms with Crippen LogP contribution >= 0.6 is 24.8 Å². The fourth-order valence-corrected chi connectivity index (χ4v) is 9.99. The molecule has 0 aromatic heterocycles. The highest BCUT2D eigenvalue weighted by Crippen LogP contribution is 2.29. The van der Waals surface area contributed by atoms with Gasteiger partial charge < -0.3 is 55.5 Å². The Morgan fingerprint density at radius 2 is 1.03 bits per heavy atom. The Morgan fingerprint density at radius 3 is 1.47 bits per heavy atom. The molecule has 4 aliphatic rings. The highest BCUT2D eigenvalue weighted by Gasteiger charge is 2.31. The van der Waals surface area contributed by atoms with Crippen LogP contribution in [-0.4, -0.2) is 128 Å². The van der Waals surface area contributed by atoms with Crippen molar-refractivity contribution in [3.05, 3.63) is 70.8 Å². The number of nitrogens with zero attached hydrogens (tertiary/aromatic N) is 2. The van der Waals surface area contributed by atoms with Crippen LogP contribution in [0, 0.1) is 23.7 Å². The van der Waals surface area contributed by atoms with Gasteiger partial charge >= 0.3 is 18.2 Å². The van der Waals surface area contributed by atoms with Gasteiger partial charge in [0, 0.05) is 70.1 Å². The predicted octanol–water partition coefficient (Wildman–Crippen LogP) is 10.3. The van der Waals surface area contributed by atoms with E-state index in [1.165, 1.54) is 102 Å². The minimum absolute atomic E-state index is 0. The number of hydrogen-bond acceptors (Lipinski definition) is 11. The van der Waals surface area contributed by atoms with Crippen LogP contribution in [0.2, 0.25) is 0 Å². The van der Waals surface area contributed by atoms with E-state index in [4.69, 9.17) is 29.8 Å². The first-order chi connectivity index (χ1) is 33.8. The normalized spacial score (nSPS) is 22.5. The van der Waals surface area contributed by atoms with Crippen molar-refractivity contribution in [2.45, 2.75) is 169 Å². The van der Waals surface area contributed by atoms with E-state index in [-0.39, 0.29) is 42.3 Å². The second-order valence-corrected chi connectivity index (χ2v) is 22.1. The summed E-state index contributed by atoms with van der Waals surface area (Å²) in [5.74, 6) is 1.63. The van der Waals surface area contributed by atoms with Gasteiger partial charge in [0.05, 0.1) is 18.8 Å². The number of nitrogens with two attached hydrogens (primary N) is 1. The summed E-state index contributed by atoms with van der Waals surface area (Å²) in [6.07, 6.45) is 14.2. The van der Waals surface area contributed by atoms with E-state index in [1.807, 2.05) is 45.0 Å². The van der Waals surface area contributed by atoms with Gasteiger partial charge in [-0.3, -0.25) is 4.79 Å². The van der Waals surface area contributed by atoms with Crippen LogP contribution in [0.5, 0.6) is 0 Å². The van der Waals surface area contributed by atoms with Crippen LogP contribution in [-0.2, 0) is 32.0 Å². The van der Waals surface area contributed by atoms with Crippen molar-refractivity contribution < 1.29 is 43.2 Å². The first kappa shape index (κ1) is 65.4. The minimum atomic E-state index is -0.971. The number of piperidine rings is 2. The number of carbonyl (C=O) groups excluding carboxylic acids is 3. The number of nitrogens with one attached hydrogen (secondary N) is 3. The average Bonchev–Trinajstić information content (AvgIpc) is 3.32. The molecule has 416 valence electrons. The number of aromatic carboxylic acids is 1. The Bertz CT molecular complexity index is 1880. The van der Waals surface area contributed by atoms with Crippen LogP contribution in [0.25, 0.3) is 0 Å². The number of halogens is 2. The SMILES string of the molecule is CC(C)(C)OC(=O)NCc1ccc(C(=O)O)cc1.CCOC[C@@H]1CCCN(C[C@H]2CCCC[C@@H]2N)C1.CCOC[C@@H]1CCCN(C[C@H]2CCCC[C@@H]2NC(=O)c2ccc(CNC(=O)OC(C)(C)C)cc2)C1.Cl.Cl. The molecular weight excluding hydrogens is 972 g/mol. The first-order valence-electron chi connectivity index (χ1n) is 26.8. The smallest absolute Gasteiger partial charge is 0.407 e. The quantitative estimate of drug-likeness (QED) is 0.101. The Labute approximate surface area is 450 Å². The van der Waals surface area contributed by atoms with Crippen LogP contribution in [0.3, 0.4) is 0 Å². The zero-order valence-electron chi connectivity index (χ0n) is 45.6. The van der Waals surface area contributed by atoms with E-state index >= 15 is 0 Å². The number of likely N-dealkylation sites (tertiary alicyclic amines) is 2. The highest BCUT2D eigenvalue weighted by atomic mass is 35.5. The second-order valence-electron chi connectivity index (χ2n) is 22.1. The zero-order valence-corrected chi connectivity index (χ0v) is 47.2. The van der Waals surface area contributed by atoms with Gasteiger partial charge in [-0.05, 0) is 179 Å². The van der Waals surface area contributed by atoms with Gasteiger partial charge in [0.15, 0.2) is 0 Å². The molecule has 15 nitrogen and oxygen atoms in total. The number of alkyl carbamates (subject to hydrolysis) is 2. The third-order valence-electron chi connectivity index (χ3n) is 13.6. The molecule has 73 heavy (non-hydrogen) atoms. The molecule has 4 fully saturated rings. The molecule has 2 aromatic rings. The number of carboxylic acids is 1. The summed E-state index contributed by atoms with van der Waals surface area (Å²) < 4.78 is 21.6. The molecule has 0 unspecified atom stereocenters. The monoisotopic (exact) mass is 1060 g/mol. The summed E-state index contributed by atoms with van der Waals surface area (Å²) in [5.41, 5.74) is 7.82. The standard InChI is InChI=1S/C28H45N3O4.C15H30N2O.C13H17NO4.2ClH/c1-5-34-20-22-9-8-16-31(18-22)19-24-10-6-7-11-25(24)30-26(32)23-14-12-21(13-15-23)17-29-27(33)35-28(2,3)4;1-2-18-12-13-6-5-9-17(10-13)11-14-7-3-4-8-15(14)16;1-13(2,3)18-12(17)14-8-9-4-6-10(7-5-9)11(15)16;;/h12-15,22,24-25H,5-11,16-20H2,1-4H3,(H,29,33)(H,30,32);13-15H,2-12,16H2,1H3;4-7H,8H2,1-3H3,(H,14,17)(H,15,16);2*1H/t22-,24-,25+;13-,14-,15+;;;/m11.../s1. The van der Waals surface area contributed by atoms with Crippen molar-refractivity contribution in [1.82, 2.24) is 25.8 Å². The van der Waals surface area contributed by atoms with Crippen molar-refractivity contribution >= 4 is 48.9 Å². The summed E-state index contributed by atoms with van der Waals surface area (Å²) in [6.45, 7) is 26.2. The van der Waals surface area contributed by atoms with Gasteiger partial charge in [-0.2, -0.15) is 0 Å². The maximum atomic E-state index is 13.0. The topological polar surface area (TPSA) is 194 Å². The van der Waals surface area contributed by atoms with E-state index < -0.39 is 29.4 Å². The molecule has 2 saturated carbocycles. The van der Waals surface area contributed by atoms with E-state index in [2.05, 4.69) is 39.6 Å². The lowest BCUT2D eigenvalue weighted by atomic mass is 9.83. The van der Waals surface area contributed by atoms with Crippen molar-refractivity contribution in [3.63, 3.8) is 0 Å². The number of carboxylic acid groups (broad SMARTS) is 1. The van der Waals surface area contributed by atoms with Crippen molar-refractivity contribution in [1.29, 1.82) is 0 Å². The molecule has 2 saturated heterocycles. The summed E-state index contributed by atoms with van der Waals surface area (Å²) in [4.78, 5) is 52.1. The average molecular weight is 1070 g/mol. The van der Waals surface area contributed by atoms with E-state index in [9.17, 15) is 19.2 Å². The molecular formula is C56H94Cl2N6O9. The Balaban J connectivity index is 0.000000406. The maximum Gasteiger partial charge on any atom is 0.407 e. The van der Waals surface area contributed by atoms with Gasteiger partial charge in [0.25, 0.3) is 5.91 Å². The summed E-state index contributed by atoms with van der Waals surface area (Å²) in [6, 6.07) is 14.4. The maximum absolute atomic E-state index is 13.0. The van der Waals surface area contributed by atoms with Gasteiger partial charge in [0.2, 0.25) is 0 Å². The van der Waals surface area contributed by atoms with Gasteiger partial charge in [-0.25, -0.2) is 14.4 Å². The largest absolute Gasteiger partial charge is 0.478 e. The molecule has 6 atom stereocenters. The molecule has 17 heteroatoms. The van der Waals surface area contributed by atoms with E-state index in [0.29, 0.717) is 36.5 Å². The zero-order chi connectivity index (χ0) is 51.8. The fourth-order valence-electron chi connectivity index (χ4n) is 9.99. The first-order valence-corrected chi connectivity index (χ1v) is 26.8. The van der Waals surface area contributed by atoms with Gasteiger partial charge in [-0.1, -0.05) is 49.9 Å². The number of hydrogen-bond donors (Lipinski definition) is 5. The molecule has 2 heterocycles. The van der Waals surface area contributed by atoms with Crippen LogP contribution in [0.15, 0.2) is 48.5 Å². The Kier molecular flexibility index (Phi) is 30.5. The summed E-state index contributed by atoms with van der Waals surface area (Å²) in [5, 5.41) is 17.4. The number of benzene rings is 2. The molecule has 2 aromatic carbocycles. The third kappa shape index (κ3) is 26.6. The molecule has 0 spiro atoms.